The molecule has 5 heteroatoms. The van der Waals surface area contributed by atoms with Crippen LogP contribution in [0.1, 0.15) is 33.4 Å². The van der Waals surface area contributed by atoms with E-state index in [1.165, 1.54) is 33.4 Å². The molecule has 0 fully saturated rings. The predicted octanol–water partition coefficient (Wildman–Crippen LogP) is 15.6. The lowest BCUT2D eigenvalue weighted by Gasteiger charge is -2.30. The summed E-state index contributed by atoms with van der Waals surface area (Å²) in [7, 11) is -3.65. The van der Waals surface area contributed by atoms with Crippen molar-refractivity contribution in [2.45, 2.75) is 41.5 Å². The molecule has 65 heavy (non-hydrogen) atoms. The minimum atomic E-state index is -3.65. The van der Waals surface area contributed by atoms with Crippen LogP contribution in [0, 0.1) is 41.5 Å². The number of hydrogen-bond acceptors (Lipinski definition) is 4. The van der Waals surface area contributed by atoms with Gasteiger partial charge in [0, 0.05) is 67.1 Å². The van der Waals surface area contributed by atoms with Crippen molar-refractivity contribution in [1.29, 1.82) is 0 Å². The van der Waals surface area contributed by atoms with E-state index in [4.69, 9.17) is 0 Å². The Morgan fingerprint density at radius 3 is 0.615 bits per heavy atom. The van der Waals surface area contributed by atoms with Crippen LogP contribution in [-0.4, -0.2) is 0 Å². The first-order chi connectivity index (χ1) is 31.5. The van der Waals surface area contributed by atoms with E-state index in [0.717, 1.165) is 67.1 Å². The first kappa shape index (κ1) is 42.9. The van der Waals surface area contributed by atoms with Crippen molar-refractivity contribution in [3.63, 3.8) is 0 Å². The second kappa shape index (κ2) is 18.4. The van der Waals surface area contributed by atoms with Gasteiger partial charge in [0.15, 0.2) is 7.14 Å². The van der Waals surface area contributed by atoms with Gasteiger partial charge in [-0.25, -0.2) is 0 Å². The van der Waals surface area contributed by atoms with Gasteiger partial charge in [-0.2, -0.15) is 0 Å². The van der Waals surface area contributed by atoms with E-state index in [1.807, 2.05) is 18.2 Å². The number of benzene rings is 9. The quantitative estimate of drug-likeness (QED) is 0.114. The maximum Gasteiger partial charge on any atom is 0.171 e. The summed E-state index contributed by atoms with van der Waals surface area (Å²) in [6.07, 6.45) is 0. The largest absolute Gasteiger partial charge is 0.310 e. The summed E-state index contributed by atoms with van der Waals surface area (Å²) in [5.74, 6) is 0. The molecule has 0 saturated carbocycles. The van der Waals surface area contributed by atoms with Crippen LogP contribution < -0.4 is 30.6 Å². The van der Waals surface area contributed by atoms with Gasteiger partial charge in [-0.15, -0.1) is 0 Å². The Kier molecular flexibility index (Phi) is 12.1. The fraction of sp³-hybridized carbons (Fsp3) is 0.100. The van der Waals surface area contributed by atoms with E-state index in [0.29, 0.717) is 0 Å². The fourth-order valence-electron chi connectivity index (χ4n) is 8.44. The number of anilines is 9. The van der Waals surface area contributed by atoms with Crippen LogP contribution in [0.5, 0.6) is 0 Å². The summed E-state index contributed by atoms with van der Waals surface area (Å²) >= 11 is 0. The van der Waals surface area contributed by atoms with Crippen LogP contribution in [-0.2, 0) is 4.57 Å². The van der Waals surface area contributed by atoms with E-state index < -0.39 is 7.14 Å². The molecule has 4 nitrogen and oxygen atoms in total. The second-order valence-corrected chi connectivity index (χ2v) is 20.0. The van der Waals surface area contributed by atoms with Crippen LogP contribution in [0.25, 0.3) is 0 Å². The van der Waals surface area contributed by atoms with Gasteiger partial charge in [0.2, 0.25) is 0 Å². The lowest BCUT2D eigenvalue weighted by molar-refractivity contribution is 0.592. The summed E-state index contributed by atoms with van der Waals surface area (Å²) in [5.41, 5.74) is 16.0. The number of hydrogen-bond donors (Lipinski definition) is 0. The smallest absolute Gasteiger partial charge is 0.171 e. The molecule has 0 heterocycles. The topological polar surface area (TPSA) is 26.8 Å². The Balaban J connectivity index is 1.27. The molecule has 9 aromatic carbocycles. The third kappa shape index (κ3) is 9.05. The van der Waals surface area contributed by atoms with Crippen molar-refractivity contribution >= 4 is 74.2 Å². The summed E-state index contributed by atoms with van der Waals surface area (Å²) in [4.78, 5) is 6.77. The van der Waals surface area contributed by atoms with Gasteiger partial charge in [-0.3, -0.25) is 0 Å². The Bertz CT molecular complexity index is 2630. The third-order valence-electron chi connectivity index (χ3n) is 12.1. The standard InChI is InChI=1S/C60H54N3OP/c1-43-16-28-49(29-17-43)61(50-30-18-44(2)19-31-50)55-10-7-13-58(40-55)65(64,59-14-8-11-56(41-59)62(51-32-20-45(3)21-33-51)52-34-22-46(4)23-35-52)60-15-9-12-57(42-60)63(53-36-24-47(5)25-37-53)54-38-26-48(6)27-39-54/h7-42H,1-6H3. The van der Waals surface area contributed by atoms with Gasteiger partial charge in [0.05, 0.1) is 0 Å². The van der Waals surface area contributed by atoms with Crippen LogP contribution in [0.2, 0.25) is 0 Å². The molecule has 9 rings (SSSR count). The van der Waals surface area contributed by atoms with Gasteiger partial charge < -0.3 is 19.3 Å². The van der Waals surface area contributed by atoms with Crippen molar-refractivity contribution in [1.82, 2.24) is 0 Å². The SMILES string of the molecule is Cc1ccc(N(c2ccc(C)cc2)c2cccc(P(=O)(c3cccc(N(c4ccc(C)cc4)c4ccc(C)cc4)c3)c3cccc(N(c4ccc(C)cc4)c4ccc(C)cc4)c3)c2)cc1. The van der Waals surface area contributed by atoms with Crippen LogP contribution in [0.3, 0.4) is 0 Å². The number of aryl methyl sites for hydroxylation is 6. The van der Waals surface area contributed by atoms with Gasteiger partial charge >= 0.3 is 0 Å². The molecule has 0 bridgehead atoms. The van der Waals surface area contributed by atoms with Gasteiger partial charge in [0.1, 0.15) is 0 Å². The van der Waals surface area contributed by atoms with Crippen LogP contribution in [0.15, 0.2) is 218 Å². The highest BCUT2D eigenvalue weighted by molar-refractivity contribution is 7.85. The second-order valence-electron chi connectivity index (χ2n) is 17.2. The minimum Gasteiger partial charge on any atom is -0.310 e. The number of rotatable bonds is 12. The molecule has 0 aromatic heterocycles. The van der Waals surface area contributed by atoms with Crippen molar-refractivity contribution < 1.29 is 4.57 Å². The van der Waals surface area contributed by atoms with Crippen molar-refractivity contribution in [2.75, 3.05) is 14.7 Å². The lowest BCUT2D eigenvalue weighted by atomic mass is 10.1. The average Bonchev–Trinajstić information content (AvgIpc) is 3.33. The molecule has 320 valence electrons. The van der Waals surface area contributed by atoms with E-state index in [2.05, 4.69) is 256 Å². The normalized spacial score (nSPS) is 11.3. The molecule has 0 aliphatic heterocycles. The van der Waals surface area contributed by atoms with E-state index in [1.54, 1.807) is 0 Å². The Morgan fingerprint density at radius 1 is 0.246 bits per heavy atom. The van der Waals surface area contributed by atoms with Gasteiger partial charge in [-0.05, 0) is 151 Å². The monoisotopic (exact) mass is 863 g/mol. The first-order valence-corrected chi connectivity index (χ1v) is 24.0. The molecule has 0 amide bonds. The van der Waals surface area contributed by atoms with Gasteiger partial charge in [0.25, 0.3) is 0 Å². The predicted molar refractivity (Wildman–Crippen MR) is 278 cm³/mol. The zero-order valence-corrected chi connectivity index (χ0v) is 38.9. The maximum absolute atomic E-state index is 17.2. The zero-order chi connectivity index (χ0) is 45.1. The van der Waals surface area contributed by atoms with Crippen molar-refractivity contribution in [2.24, 2.45) is 0 Å². The van der Waals surface area contributed by atoms with E-state index in [9.17, 15) is 0 Å². The van der Waals surface area contributed by atoms with Crippen LogP contribution in [0.4, 0.5) is 51.2 Å². The Morgan fingerprint density at radius 2 is 0.431 bits per heavy atom. The fourth-order valence-corrected chi connectivity index (χ4v) is 11.2. The van der Waals surface area contributed by atoms with Crippen molar-refractivity contribution in [3.8, 4) is 0 Å². The minimum absolute atomic E-state index is 0.739. The Hall–Kier alpha value is -7.39. The summed E-state index contributed by atoms with van der Waals surface area (Å²) in [6.45, 7) is 12.6. The van der Waals surface area contributed by atoms with Crippen molar-refractivity contribution in [3.05, 3.63) is 252 Å². The highest BCUT2D eigenvalue weighted by Gasteiger charge is 2.33. The molecular weight excluding hydrogens is 810 g/mol. The molecule has 0 atom stereocenters. The summed E-state index contributed by atoms with van der Waals surface area (Å²) < 4.78 is 17.2. The molecule has 0 N–H and O–H groups in total. The zero-order valence-electron chi connectivity index (χ0n) is 38.0. The number of nitrogens with zero attached hydrogens (tertiary/aromatic N) is 3. The highest BCUT2D eigenvalue weighted by Crippen LogP contribution is 2.47. The molecule has 0 spiro atoms. The third-order valence-corrected chi connectivity index (χ3v) is 15.1. The summed E-state index contributed by atoms with van der Waals surface area (Å²) in [6, 6.07) is 76.6. The molecule has 0 aliphatic carbocycles. The van der Waals surface area contributed by atoms with Gasteiger partial charge in [-0.1, -0.05) is 143 Å². The maximum atomic E-state index is 17.2. The summed E-state index contributed by atoms with van der Waals surface area (Å²) in [5, 5.41) is 2.22. The molecule has 0 unspecified atom stereocenters. The highest BCUT2D eigenvalue weighted by atomic mass is 31.2. The molecule has 0 aliphatic rings. The molecular formula is C60H54N3OP. The molecule has 9 aromatic rings. The molecule has 0 radical (unpaired) electrons. The lowest BCUT2D eigenvalue weighted by Crippen LogP contribution is -2.27. The Labute approximate surface area is 385 Å². The van der Waals surface area contributed by atoms with E-state index >= 15 is 4.57 Å². The average molecular weight is 864 g/mol. The molecule has 0 saturated heterocycles. The van der Waals surface area contributed by atoms with E-state index in [-0.39, 0.29) is 0 Å². The van der Waals surface area contributed by atoms with Crippen LogP contribution >= 0.6 is 7.14 Å². The first-order valence-electron chi connectivity index (χ1n) is 22.3.